The molecule has 156 valence electrons. The summed E-state index contributed by atoms with van der Waals surface area (Å²) in [5, 5.41) is 10.1. The molecule has 0 radical (unpaired) electrons. The van der Waals surface area contributed by atoms with Crippen molar-refractivity contribution in [1.29, 1.82) is 0 Å². The molecule has 1 N–H and O–H groups in total. The third-order valence-electron chi connectivity index (χ3n) is 5.33. The lowest BCUT2D eigenvalue weighted by Gasteiger charge is -2.44. The van der Waals surface area contributed by atoms with Crippen LogP contribution < -0.4 is 4.90 Å². The molecule has 2 atom stereocenters. The number of aliphatic hydroxyl groups excluding tert-OH is 1. The summed E-state index contributed by atoms with van der Waals surface area (Å²) in [5.74, 6) is -0.293. The van der Waals surface area contributed by atoms with Crippen LogP contribution in [0.2, 0.25) is 5.02 Å². The van der Waals surface area contributed by atoms with Crippen molar-refractivity contribution in [3.05, 3.63) is 64.4 Å². The molecule has 0 spiro atoms. The molecule has 1 saturated heterocycles. The molecular weight excluding hydrogens is 391 g/mol. The Bertz CT molecular complexity index is 877. The minimum absolute atomic E-state index is 0.0827. The first-order chi connectivity index (χ1) is 13.6. The van der Waals surface area contributed by atoms with E-state index in [1.54, 1.807) is 19.1 Å². The molecule has 1 aliphatic rings. The van der Waals surface area contributed by atoms with E-state index in [0.29, 0.717) is 30.3 Å². The summed E-state index contributed by atoms with van der Waals surface area (Å²) in [5.41, 5.74) is 1.78. The summed E-state index contributed by atoms with van der Waals surface area (Å²) < 4.78 is 14.7. The molecule has 2 aromatic rings. The van der Waals surface area contributed by atoms with Crippen LogP contribution in [0, 0.1) is 11.2 Å². The molecule has 2 unspecified atom stereocenters. The van der Waals surface area contributed by atoms with Crippen LogP contribution in [-0.2, 0) is 4.79 Å². The highest BCUT2D eigenvalue weighted by Gasteiger charge is 2.35. The Balaban J connectivity index is 1.98. The lowest BCUT2D eigenvalue weighted by Crippen LogP contribution is -2.53. The number of aliphatic hydroxyl groups is 1. The maximum Gasteiger partial charge on any atom is 0.228 e. The van der Waals surface area contributed by atoms with E-state index in [4.69, 9.17) is 11.6 Å². The minimum Gasteiger partial charge on any atom is -0.389 e. The zero-order valence-corrected chi connectivity index (χ0v) is 18.1. The summed E-state index contributed by atoms with van der Waals surface area (Å²) in [6, 6.07) is 12.1. The van der Waals surface area contributed by atoms with Gasteiger partial charge in [-0.15, -0.1) is 0 Å². The maximum absolute atomic E-state index is 14.7. The summed E-state index contributed by atoms with van der Waals surface area (Å²) in [6.45, 7) is 8.96. The predicted molar refractivity (Wildman–Crippen MR) is 115 cm³/mol. The number of carbonyl (C=O) groups excluding carboxylic acids is 1. The van der Waals surface area contributed by atoms with E-state index in [-0.39, 0.29) is 17.8 Å². The molecule has 3 rings (SSSR count). The first kappa shape index (κ1) is 21.6. The zero-order chi connectivity index (χ0) is 21.3. The number of halogens is 2. The molecule has 1 heterocycles. The van der Waals surface area contributed by atoms with Crippen LogP contribution in [-0.4, -0.2) is 35.5 Å². The zero-order valence-electron chi connectivity index (χ0n) is 17.3. The van der Waals surface area contributed by atoms with Crippen molar-refractivity contribution in [2.75, 3.05) is 24.5 Å². The standard InChI is InChI=1S/C23H28ClFN2O2/c1-15(28)16-5-7-17(8-6-16)21-14-26(22(29)23(2,3)4)11-12-27(21)20-10-9-18(24)13-19(20)25/h5-10,13,15,21,28H,11-12,14H2,1-4H3. The molecular formula is C23H28ClFN2O2. The second-order valence-corrected chi connectivity index (χ2v) is 9.09. The fourth-order valence-electron chi connectivity index (χ4n) is 3.73. The van der Waals surface area contributed by atoms with Crippen molar-refractivity contribution in [2.24, 2.45) is 5.41 Å². The average Bonchev–Trinajstić information content (AvgIpc) is 2.66. The van der Waals surface area contributed by atoms with Gasteiger partial charge in [0.2, 0.25) is 5.91 Å². The third kappa shape index (κ3) is 4.73. The highest BCUT2D eigenvalue weighted by atomic mass is 35.5. The van der Waals surface area contributed by atoms with Gasteiger partial charge in [-0.1, -0.05) is 56.6 Å². The first-order valence-electron chi connectivity index (χ1n) is 9.87. The van der Waals surface area contributed by atoms with E-state index in [9.17, 15) is 14.3 Å². The second-order valence-electron chi connectivity index (χ2n) is 8.65. The van der Waals surface area contributed by atoms with Gasteiger partial charge in [-0.25, -0.2) is 4.39 Å². The Hall–Kier alpha value is -2.11. The number of carbonyl (C=O) groups is 1. The largest absolute Gasteiger partial charge is 0.389 e. The van der Waals surface area contributed by atoms with Crippen LogP contribution in [0.25, 0.3) is 0 Å². The van der Waals surface area contributed by atoms with Gasteiger partial charge < -0.3 is 14.9 Å². The first-order valence-corrected chi connectivity index (χ1v) is 10.2. The maximum atomic E-state index is 14.7. The molecule has 1 amide bonds. The fourth-order valence-corrected chi connectivity index (χ4v) is 3.89. The number of amides is 1. The van der Waals surface area contributed by atoms with Crippen molar-refractivity contribution in [2.45, 2.75) is 39.8 Å². The van der Waals surface area contributed by atoms with E-state index in [1.807, 2.05) is 54.8 Å². The highest BCUT2D eigenvalue weighted by Crippen LogP contribution is 2.35. The number of anilines is 1. The Morgan fingerprint density at radius 1 is 1.17 bits per heavy atom. The van der Waals surface area contributed by atoms with E-state index < -0.39 is 11.5 Å². The van der Waals surface area contributed by atoms with Crippen molar-refractivity contribution in [1.82, 2.24) is 4.90 Å². The van der Waals surface area contributed by atoms with Crippen LogP contribution in [0.1, 0.15) is 51.0 Å². The summed E-state index contributed by atoms with van der Waals surface area (Å²) in [6.07, 6.45) is -0.556. The fraction of sp³-hybridized carbons (Fsp3) is 0.435. The van der Waals surface area contributed by atoms with Gasteiger partial charge in [0.15, 0.2) is 0 Å². The van der Waals surface area contributed by atoms with E-state index in [1.165, 1.54) is 6.07 Å². The summed E-state index contributed by atoms with van der Waals surface area (Å²) >= 11 is 5.94. The van der Waals surface area contributed by atoms with Crippen LogP contribution in [0.5, 0.6) is 0 Å². The highest BCUT2D eigenvalue weighted by molar-refractivity contribution is 6.30. The van der Waals surface area contributed by atoms with Crippen molar-refractivity contribution >= 4 is 23.2 Å². The number of nitrogens with zero attached hydrogens (tertiary/aromatic N) is 2. The molecule has 0 saturated carbocycles. The van der Waals surface area contributed by atoms with Crippen molar-refractivity contribution < 1.29 is 14.3 Å². The molecule has 1 aliphatic heterocycles. The lowest BCUT2D eigenvalue weighted by atomic mass is 9.92. The normalized spacial score (nSPS) is 18.7. The Kier molecular flexibility index (Phi) is 6.20. The second kappa shape index (κ2) is 8.33. The molecule has 4 nitrogen and oxygen atoms in total. The van der Waals surface area contributed by atoms with Gasteiger partial charge in [0.05, 0.1) is 17.8 Å². The predicted octanol–water partition coefficient (Wildman–Crippen LogP) is 4.97. The lowest BCUT2D eigenvalue weighted by molar-refractivity contribution is -0.140. The monoisotopic (exact) mass is 418 g/mol. The number of benzene rings is 2. The van der Waals surface area contributed by atoms with Gasteiger partial charge in [0.1, 0.15) is 5.82 Å². The quantitative estimate of drug-likeness (QED) is 0.765. The van der Waals surface area contributed by atoms with Gasteiger partial charge in [0, 0.05) is 30.1 Å². The van der Waals surface area contributed by atoms with Gasteiger partial charge in [0.25, 0.3) is 0 Å². The molecule has 1 fully saturated rings. The van der Waals surface area contributed by atoms with Crippen LogP contribution >= 0.6 is 11.6 Å². The molecule has 6 heteroatoms. The molecule has 29 heavy (non-hydrogen) atoms. The van der Waals surface area contributed by atoms with Gasteiger partial charge in [-0.3, -0.25) is 4.79 Å². The SMILES string of the molecule is CC(O)c1ccc(C2CN(C(=O)C(C)(C)C)CCN2c2ccc(Cl)cc2F)cc1. The Labute approximate surface area is 176 Å². The Morgan fingerprint density at radius 2 is 1.83 bits per heavy atom. The van der Waals surface area contributed by atoms with Crippen LogP contribution in [0.4, 0.5) is 10.1 Å². The molecule has 2 aromatic carbocycles. The van der Waals surface area contributed by atoms with Crippen molar-refractivity contribution in [3.63, 3.8) is 0 Å². The van der Waals surface area contributed by atoms with Crippen LogP contribution in [0.3, 0.4) is 0 Å². The average molecular weight is 419 g/mol. The topological polar surface area (TPSA) is 43.8 Å². The van der Waals surface area contributed by atoms with E-state index in [2.05, 4.69) is 0 Å². The number of hydrogen-bond acceptors (Lipinski definition) is 3. The van der Waals surface area contributed by atoms with E-state index in [0.717, 1.165) is 11.1 Å². The molecule has 0 bridgehead atoms. The summed E-state index contributed by atoms with van der Waals surface area (Å²) in [4.78, 5) is 16.7. The van der Waals surface area contributed by atoms with Crippen molar-refractivity contribution in [3.8, 4) is 0 Å². The van der Waals surface area contributed by atoms with Gasteiger partial charge in [-0.2, -0.15) is 0 Å². The molecule has 0 aliphatic carbocycles. The Morgan fingerprint density at radius 3 is 2.38 bits per heavy atom. The number of hydrogen-bond donors (Lipinski definition) is 1. The molecule has 0 aromatic heterocycles. The number of rotatable bonds is 3. The van der Waals surface area contributed by atoms with Gasteiger partial charge >= 0.3 is 0 Å². The minimum atomic E-state index is -0.556. The van der Waals surface area contributed by atoms with Crippen LogP contribution in [0.15, 0.2) is 42.5 Å². The smallest absolute Gasteiger partial charge is 0.228 e. The van der Waals surface area contributed by atoms with Gasteiger partial charge in [-0.05, 0) is 36.2 Å². The van der Waals surface area contributed by atoms with E-state index >= 15 is 0 Å². The third-order valence-corrected chi connectivity index (χ3v) is 5.57. The summed E-state index contributed by atoms with van der Waals surface area (Å²) in [7, 11) is 0. The number of piperazine rings is 1.